The molecule has 0 aliphatic heterocycles. The Morgan fingerprint density at radius 2 is 2.30 bits per heavy atom. The van der Waals surface area contributed by atoms with Crippen molar-refractivity contribution in [2.75, 3.05) is 0 Å². The van der Waals surface area contributed by atoms with Crippen molar-refractivity contribution in [3.05, 3.63) is 0 Å². The van der Waals surface area contributed by atoms with Crippen LogP contribution in [0.5, 0.6) is 0 Å². The topological polar surface area (TPSA) is 112 Å². The van der Waals surface area contributed by atoms with Gasteiger partial charge in [-0.25, -0.2) is 0 Å². The van der Waals surface area contributed by atoms with E-state index in [0.29, 0.717) is 0 Å². The Bertz CT molecular complexity index is 196. The molecule has 1 atom stereocenters. The third kappa shape index (κ3) is 5.54. The minimum Gasteiger partial charge on any atom is -0.412 e. The van der Waals surface area contributed by atoms with Gasteiger partial charge in [-0.1, -0.05) is 0 Å². The number of aliphatic carboxylic acids is 1. The third-order valence-electron chi connectivity index (χ3n) is 0.693. The van der Waals surface area contributed by atoms with Crippen LogP contribution in [0, 0.1) is 5.63 Å². The number of carboxylic acids is 1. The maximum atomic E-state index is 9.94. The van der Waals surface area contributed by atoms with Crippen LogP contribution in [0.1, 0.15) is 6.42 Å². The Kier molecular flexibility index (Phi) is 7.90. The van der Waals surface area contributed by atoms with Gasteiger partial charge in [0.15, 0.2) is 0 Å². The molecule has 0 saturated heterocycles. The fraction of sp³-hybridized carbons (Fsp3) is 0.500. The van der Waals surface area contributed by atoms with Gasteiger partial charge < -0.3 is 5.48 Å². The Balaban J connectivity index is 0. The molecule has 0 bridgehead atoms. The molecule has 0 rings (SSSR count). The van der Waals surface area contributed by atoms with Gasteiger partial charge in [0.05, 0.1) is 0 Å². The van der Waals surface area contributed by atoms with Crippen LogP contribution >= 0.6 is 7.92 Å². The molecule has 0 spiro atoms. The molecule has 0 aromatic rings. The van der Waals surface area contributed by atoms with Crippen molar-refractivity contribution in [1.82, 2.24) is 0 Å². The molecule has 5 N–H and O–H groups in total. The van der Waals surface area contributed by atoms with E-state index < -0.39 is 12.0 Å². The molecule has 0 saturated carbocycles. The first-order valence-corrected chi connectivity index (χ1v) is 3.03. The molecule has 10 heavy (non-hydrogen) atoms. The van der Waals surface area contributed by atoms with Gasteiger partial charge in [-0.05, 0) is 0 Å². The Morgan fingerprint density at radius 1 is 1.80 bits per heavy atom. The molecule has 0 fully saturated rings. The van der Waals surface area contributed by atoms with Gasteiger partial charge in [-0.2, -0.15) is 0 Å². The molecule has 0 unspecified atom stereocenters. The second-order valence-corrected chi connectivity index (χ2v) is 1.90. The largest absolute Gasteiger partial charge is 0.412 e. The van der Waals surface area contributed by atoms with Crippen molar-refractivity contribution in [3.63, 3.8) is 0 Å². The summed E-state index contributed by atoms with van der Waals surface area (Å²) in [7, 11) is -0.298. The zero-order valence-corrected chi connectivity index (χ0v) is 5.97. The fourth-order valence-electron chi connectivity index (χ4n) is 0.223. The van der Waals surface area contributed by atoms with Crippen LogP contribution in [0.15, 0.2) is 0 Å². The van der Waals surface area contributed by atoms with Gasteiger partial charge in [0.25, 0.3) is 0 Å². The summed E-state index contributed by atoms with van der Waals surface area (Å²) in [5.74, 6) is -1.11. The van der Waals surface area contributed by atoms with Crippen LogP contribution in [0.25, 0.3) is 0 Å². The van der Waals surface area contributed by atoms with E-state index in [-0.39, 0.29) is 19.8 Å². The fourth-order valence-corrected chi connectivity index (χ4v) is 0.494. The predicted molar refractivity (Wildman–Crippen MR) is 35.3 cm³/mol. The molecule has 5 nitrogen and oxygen atoms in total. The van der Waals surface area contributed by atoms with Crippen molar-refractivity contribution in [2.45, 2.75) is 12.5 Å². The summed E-state index contributed by atoms with van der Waals surface area (Å²) in [5, 5.41) is 8.14. The van der Waals surface area contributed by atoms with Crippen molar-refractivity contribution >= 4 is 13.9 Å². The van der Waals surface area contributed by atoms with E-state index in [9.17, 15) is 9.36 Å². The number of nitrogens with two attached hydrogens (primary N) is 1. The van der Waals surface area contributed by atoms with Crippen molar-refractivity contribution < 1.29 is 19.9 Å². The van der Waals surface area contributed by atoms with Crippen LogP contribution in [-0.4, -0.2) is 22.6 Å². The first kappa shape index (κ1) is 12.1. The van der Waals surface area contributed by atoms with Crippen molar-refractivity contribution in [3.8, 4) is 5.63 Å². The zero-order valence-electron chi connectivity index (χ0n) is 5.07. The average Bonchev–Trinajstić information content (AvgIpc) is 1.82. The third-order valence-corrected chi connectivity index (χ3v) is 1.00. The van der Waals surface area contributed by atoms with Gasteiger partial charge in [0, 0.05) is 0 Å². The molecule has 0 aromatic carbocycles. The van der Waals surface area contributed by atoms with Crippen molar-refractivity contribution in [1.29, 1.82) is 0 Å². The van der Waals surface area contributed by atoms with Crippen LogP contribution in [0.2, 0.25) is 0 Å². The standard InChI is InChI=1S/C4H6NO3P.H2O/c5-3(4(6)7)1-2-9-8;/h3H,1,5H2,(H,6,7);1H2/t3-;/m1./s1. The summed E-state index contributed by atoms with van der Waals surface area (Å²) < 4.78 is 9.67. The van der Waals surface area contributed by atoms with E-state index in [0.717, 1.165) is 0 Å². The van der Waals surface area contributed by atoms with E-state index >= 15 is 0 Å². The van der Waals surface area contributed by atoms with Gasteiger partial charge in [-0.3, -0.25) is 0 Å². The van der Waals surface area contributed by atoms with Gasteiger partial charge >= 0.3 is 52.2 Å². The molecule has 0 aromatic heterocycles. The number of carbonyl (C=O) groups is 1. The number of carboxylic acid groups (broad SMARTS) is 1. The summed E-state index contributed by atoms with van der Waals surface area (Å²) in [5.41, 5.74) is 7.24. The van der Waals surface area contributed by atoms with Crippen LogP contribution < -0.4 is 5.73 Å². The molecule has 58 valence electrons. The molecular weight excluding hydrogens is 157 g/mol. The van der Waals surface area contributed by atoms with E-state index in [1.165, 1.54) is 0 Å². The van der Waals surface area contributed by atoms with Gasteiger partial charge in [-0.15, -0.1) is 0 Å². The van der Waals surface area contributed by atoms with E-state index in [2.05, 4.69) is 5.63 Å². The van der Waals surface area contributed by atoms with Crippen molar-refractivity contribution in [2.24, 2.45) is 5.73 Å². The maximum Gasteiger partial charge on any atom is -0.412 e. The van der Waals surface area contributed by atoms with Gasteiger partial charge in [0.1, 0.15) is 0 Å². The Hall–Kier alpha value is -0.600. The van der Waals surface area contributed by atoms with E-state index in [1.54, 1.807) is 0 Å². The Labute approximate surface area is 58.7 Å². The quantitative estimate of drug-likeness (QED) is 0.522. The van der Waals surface area contributed by atoms with E-state index in [4.69, 9.17) is 10.8 Å². The summed E-state index contributed by atoms with van der Waals surface area (Å²) in [4.78, 5) is 9.94. The smallest absolute Gasteiger partial charge is 0.412 e. The molecule has 0 heterocycles. The minimum atomic E-state index is -1.11. The number of hydrogen-bond acceptors (Lipinski definition) is 3. The van der Waals surface area contributed by atoms with Crippen LogP contribution in [-0.2, 0) is 9.36 Å². The molecule has 0 amide bonds. The molecule has 0 aliphatic carbocycles. The van der Waals surface area contributed by atoms with Crippen LogP contribution in [0.3, 0.4) is 0 Å². The molecule has 0 radical (unpaired) electrons. The monoisotopic (exact) mass is 165 g/mol. The first-order chi connectivity index (χ1) is 4.18. The Morgan fingerprint density at radius 3 is 2.60 bits per heavy atom. The minimum absolute atomic E-state index is 0. The SMILES string of the molecule is N[C@H](CC#P=O)C(=O)O.O. The van der Waals surface area contributed by atoms with Crippen LogP contribution in [0.4, 0.5) is 0 Å². The summed E-state index contributed by atoms with van der Waals surface area (Å²) >= 11 is 0. The average molecular weight is 165 g/mol. The number of rotatable bonds is 2. The number of hydrogen-bond donors (Lipinski definition) is 2. The first-order valence-electron chi connectivity index (χ1n) is 2.22. The molecule has 6 heteroatoms. The van der Waals surface area contributed by atoms with E-state index in [1.807, 2.05) is 0 Å². The summed E-state index contributed by atoms with van der Waals surface area (Å²) in [6, 6.07) is -0.980. The second-order valence-electron chi connectivity index (χ2n) is 1.40. The predicted octanol–water partition coefficient (Wildman–Crippen LogP) is -0.785. The molecule has 0 aliphatic rings. The maximum absolute atomic E-state index is 9.94. The second kappa shape index (κ2) is 6.52. The normalized spacial score (nSPS) is 10.5. The van der Waals surface area contributed by atoms with Gasteiger partial charge in [0.2, 0.25) is 0 Å². The summed E-state index contributed by atoms with van der Waals surface area (Å²) in [6.07, 6.45) is 0.0143. The summed E-state index contributed by atoms with van der Waals surface area (Å²) in [6.45, 7) is 0. The molecular formula is C4H8NO4P. The zero-order chi connectivity index (χ0) is 7.28.